The third kappa shape index (κ3) is 3.67. The van der Waals surface area contributed by atoms with E-state index in [4.69, 9.17) is 22.4 Å². The summed E-state index contributed by atoms with van der Waals surface area (Å²) in [6, 6.07) is -0.471. The molecule has 0 aliphatic heterocycles. The number of anilines is 1. The first-order valence-corrected chi connectivity index (χ1v) is 5.89. The summed E-state index contributed by atoms with van der Waals surface area (Å²) in [4.78, 5) is 11.7. The van der Waals surface area contributed by atoms with Gasteiger partial charge in [-0.15, -0.1) is 0 Å². The summed E-state index contributed by atoms with van der Waals surface area (Å²) in [5.74, 6) is 0. The highest BCUT2D eigenvalue weighted by atomic mass is 35.5. The third-order valence-corrected chi connectivity index (χ3v) is 2.81. The second-order valence-electron chi connectivity index (χ2n) is 3.91. The summed E-state index contributed by atoms with van der Waals surface area (Å²) in [6.45, 7) is 1.74. The number of halogens is 1. The summed E-state index contributed by atoms with van der Waals surface area (Å²) in [6.07, 6.45) is 0.715. The van der Waals surface area contributed by atoms with E-state index >= 15 is 0 Å². The molecule has 0 saturated heterocycles. The van der Waals surface area contributed by atoms with Gasteiger partial charge in [-0.3, -0.25) is 4.79 Å². The van der Waals surface area contributed by atoms with Crippen molar-refractivity contribution < 1.29 is 10.2 Å². The number of hydrogen-bond acceptors (Lipinski definition) is 6. The van der Waals surface area contributed by atoms with Crippen molar-refractivity contribution in [1.82, 2.24) is 9.78 Å². The molecule has 5 N–H and O–H groups in total. The van der Waals surface area contributed by atoms with Gasteiger partial charge in [0.15, 0.2) is 0 Å². The van der Waals surface area contributed by atoms with Gasteiger partial charge in [0.25, 0.3) is 5.56 Å². The van der Waals surface area contributed by atoms with Gasteiger partial charge in [0, 0.05) is 12.6 Å². The molecule has 18 heavy (non-hydrogen) atoms. The van der Waals surface area contributed by atoms with Crippen molar-refractivity contribution in [3.63, 3.8) is 0 Å². The molecule has 0 saturated carbocycles. The fourth-order valence-corrected chi connectivity index (χ4v) is 1.45. The predicted molar refractivity (Wildman–Crippen MR) is 68.7 cm³/mol. The molecule has 0 aromatic carbocycles. The van der Waals surface area contributed by atoms with Crippen LogP contribution in [0.3, 0.4) is 0 Å². The lowest BCUT2D eigenvalue weighted by Crippen LogP contribution is -2.39. The van der Waals surface area contributed by atoms with Gasteiger partial charge in [0.1, 0.15) is 5.02 Å². The normalized spacial score (nSPS) is 14.3. The van der Waals surface area contributed by atoms with E-state index in [-0.39, 0.29) is 24.7 Å². The number of nitrogens with two attached hydrogens (primary N) is 1. The molecule has 0 bridgehead atoms. The Morgan fingerprint density at radius 3 is 2.89 bits per heavy atom. The van der Waals surface area contributed by atoms with Crippen molar-refractivity contribution in [2.45, 2.75) is 25.6 Å². The van der Waals surface area contributed by atoms with Crippen LogP contribution < -0.4 is 16.6 Å². The van der Waals surface area contributed by atoms with Crippen LogP contribution in [0.1, 0.15) is 6.92 Å². The van der Waals surface area contributed by atoms with Crippen molar-refractivity contribution in [2.24, 2.45) is 5.73 Å². The Balaban J connectivity index is 2.79. The van der Waals surface area contributed by atoms with Gasteiger partial charge in [-0.25, -0.2) is 4.68 Å². The van der Waals surface area contributed by atoms with Gasteiger partial charge in [0.05, 0.1) is 31.1 Å². The lowest BCUT2D eigenvalue weighted by atomic mass is 10.2. The predicted octanol–water partition coefficient (Wildman–Crippen LogP) is -0.991. The Kier molecular flexibility index (Phi) is 5.54. The number of nitrogens with one attached hydrogen (secondary N) is 1. The number of aliphatic hydroxyl groups is 2. The van der Waals surface area contributed by atoms with Gasteiger partial charge in [0.2, 0.25) is 0 Å². The number of aliphatic hydroxyl groups excluding tert-OH is 2. The van der Waals surface area contributed by atoms with Crippen LogP contribution in [0.2, 0.25) is 5.02 Å². The summed E-state index contributed by atoms with van der Waals surface area (Å²) in [5, 5.41) is 24.6. The molecule has 0 aliphatic rings. The first-order valence-electron chi connectivity index (χ1n) is 5.51. The van der Waals surface area contributed by atoms with E-state index < -0.39 is 17.7 Å². The summed E-state index contributed by atoms with van der Waals surface area (Å²) in [7, 11) is 0. The monoisotopic (exact) mass is 276 g/mol. The van der Waals surface area contributed by atoms with Crippen LogP contribution in [0.25, 0.3) is 0 Å². The first kappa shape index (κ1) is 14.9. The van der Waals surface area contributed by atoms with Gasteiger partial charge in [-0.2, -0.15) is 5.10 Å². The van der Waals surface area contributed by atoms with Crippen molar-refractivity contribution in [1.29, 1.82) is 0 Å². The summed E-state index contributed by atoms with van der Waals surface area (Å²) >= 11 is 5.88. The zero-order valence-corrected chi connectivity index (χ0v) is 10.8. The van der Waals surface area contributed by atoms with Crippen molar-refractivity contribution in [3.8, 4) is 0 Å². The Morgan fingerprint density at radius 2 is 2.33 bits per heavy atom. The minimum atomic E-state index is -0.668. The molecule has 1 rings (SSSR count). The van der Waals surface area contributed by atoms with E-state index in [1.54, 1.807) is 6.92 Å². The third-order valence-electron chi connectivity index (χ3n) is 2.44. The van der Waals surface area contributed by atoms with E-state index in [1.165, 1.54) is 6.20 Å². The van der Waals surface area contributed by atoms with Crippen LogP contribution in [0.5, 0.6) is 0 Å². The molecular weight excluding hydrogens is 260 g/mol. The molecule has 0 radical (unpaired) electrons. The van der Waals surface area contributed by atoms with E-state index in [1.807, 2.05) is 0 Å². The average Bonchev–Trinajstić information content (AvgIpc) is 2.33. The molecule has 1 aromatic heterocycles. The minimum absolute atomic E-state index is 0.0174. The molecule has 1 heterocycles. The number of rotatable bonds is 6. The Labute approximate surface area is 109 Å². The molecule has 0 fully saturated rings. The summed E-state index contributed by atoms with van der Waals surface area (Å²) in [5.41, 5.74) is 5.51. The van der Waals surface area contributed by atoms with Crippen LogP contribution in [0.15, 0.2) is 11.0 Å². The maximum Gasteiger partial charge on any atom is 0.287 e. The molecule has 0 spiro atoms. The van der Waals surface area contributed by atoms with Gasteiger partial charge in [-0.1, -0.05) is 11.6 Å². The summed E-state index contributed by atoms with van der Waals surface area (Å²) < 4.78 is 1.07. The minimum Gasteiger partial charge on any atom is -0.394 e. The van der Waals surface area contributed by atoms with Crippen LogP contribution in [-0.2, 0) is 6.54 Å². The molecular formula is C10H17ClN4O3. The molecule has 102 valence electrons. The lowest BCUT2D eigenvalue weighted by molar-refractivity contribution is 0.168. The van der Waals surface area contributed by atoms with Crippen molar-refractivity contribution in [3.05, 3.63) is 21.6 Å². The Morgan fingerprint density at radius 1 is 1.67 bits per heavy atom. The molecule has 8 heteroatoms. The average molecular weight is 277 g/mol. The molecule has 0 amide bonds. The van der Waals surface area contributed by atoms with Gasteiger partial charge >= 0.3 is 0 Å². The zero-order valence-electron chi connectivity index (χ0n) is 10.0. The molecule has 0 aliphatic carbocycles. The number of nitrogens with zero attached hydrogens (tertiary/aromatic N) is 2. The van der Waals surface area contributed by atoms with Crippen LogP contribution in [0, 0.1) is 0 Å². The van der Waals surface area contributed by atoms with Crippen LogP contribution in [0.4, 0.5) is 5.69 Å². The highest BCUT2D eigenvalue weighted by Gasteiger charge is 2.12. The lowest BCUT2D eigenvalue weighted by Gasteiger charge is -2.16. The molecule has 2 atom stereocenters. The second kappa shape index (κ2) is 6.69. The fraction of sp³-hybridized carbons (Fsp3) is 0.600. The Hall–Kier alpha value is -1.15. The fourth-order valence-electron chi connectivity index (χ4n) is 1.24. The topological polar surface area (TPSA) is 113 Å². The highest BCUT2D eigenvalue weighted by molar-refractivity contribution is 6.32. The maximum absolute atomic E-state index is 11.7. The first-order chi connectivity index (χ1) is 8.47. The number of hydrogen-bond donors (Lipinski definition) is 4. The smallest absolute Gasteiger partial charge is 0.287 e. The van der Waals surface area contributed by atoms with Gasteiger partial charge in [-0.05, 0) is 6.92 Å². The molecule has 2 unspecified atom stereocenters. The second-order valence-corrected chi connectivity index (χ2v) is 4.29. The molecule has 1 aromatic rings. The SMILES string of the molecule is CC(O)C(N)CNc1cnn(CCO)c(=O)c1Cl. The van der Waals surface area contributed by atoms with E-state index in [9.17, 15) is 9.90 Å². The highest BCUT2D eigenvalue weighted by Crippen LogP contribution is 2.14. The quantitative estimate of drug-likeness (QED) is 0.531. The van der Waals surface area contributed by atoms with E-state index in [0.29, 0.717) is 5.69 Å². The standard InChI is InChI=1S/C10H17ClN4O3/c1-6(17)7(12)4-13-8-5-14-15(2-3-16)10(18)9(8)11/h5-7,13,16-17H,2-4,12H2,1H3. The zero-order chi connectivity index (χ0) is 13.7. The van der Waals surface area contributed by atoms with Crippen molar-refractivity contribution >= 4 is 17.3 Å². The van der Waals surface area contributed by atoms with Gasteiger partial charge < -0.3 is 21.3 Å². The van der Waals surface area contributed by atoms with Crippen LogP contribution in [-0.4, -0.2) is 45.3 Å². The van der Waals surface area contributed by atoms with E-state index in [2.05, 4.69) is 10.4 Å². The number of aromatic nitrogens is 2. The molecule has 7 nitrogen and oxygen atoms in total. The Bertz CT molecular complexity index is 449. The largest absolute Gasteiger partial charge is 0.394 e. The van der Waals surface area contributed by atoms with E-state index in [0.717, 1.165) is 4.68 Å². The maximum atomic E-state index is 11.7. The van der Waals surface area contributed by atoms with Crippen molar-refractivity contribution in [2.75, 3.05) is 18.5 Å². The van der Waals surface area contributed by atoms with Crippen LogP contribution >= 0.6 is 11.6 Å².